The highest BCUT2D eigenvalue weighted by Crippen LogP contribution is 2.37. The third-order valence-electron chi connectivity index (χ3n) is 6.61. The predicted molar refractivity (Wildman–Crippen MR) is 131 cm³/mol. The van der Waals surface area contributed by atoms with Crippen LogP contribution >= 0.6 is 0 Å². The van der Waals surface area contributed by atoms with Gasteiger partial charge in [-0.3, -0.25) is 9.89 Å². The molecule has 0 amide bonds. The number of nitrogens with one attached hydrogen (secondary N) is 3. The summed E-state index contributed by atoms with van der Waals surface area (Å²) in [4.78, 5) is 23.5. The van der Waals surface area contributed by atoms with Crippen LogP contribution in [0, 0.1) is 6.92 Å². The molecule has 0 atom stereocenters. The lowest BCUT2D eigenvalue weighted by Gasteiger charge is -2.29. The van der Waals surface area contributed by atoms with Crippen LogP contribution in [0.1, 0.15) is 11.3 Å². The first kappa shape index (κ1) is 20.6. The van der Waals surface area contributed by atoms with Gasteiger partial charge >= 0.3 is 0 Å². The molecule has 34 heavy (non-hydrogen) atoms. The first-order chi connectivity index (χ1) is 16.5. The quantitative estimate of drug-likeness (QED) is 0.308. The minimum absolute atomic E-state index is 0.132. The molecular formula is C25H23FN6O2. The normalized spacial score (nSPS) is 14.5. The van der Waals surface area contributed by atoms with Crippen LogP contribution < -0.4 is 15.8 Å². The average molecular weight is 458 g/mol. The summed E-state index contributed by atoms with van der Waals surface area (Å²) in [5.41, 5.74) is 3.90. The summed E-state index contributed by atoms with van der Waals surface area (Å²) in [6, 6.07) is 10.7. The molecule has 8 nitrogen and oxygen atoms in total. The van der Waals surface area contributed by atoms with Crippen LogP contribution in [0.3, 0.4) is 0 Å². The van der Waals surface area contributed by atoms with Gasteiger partial charge in [0.15, 0.2) is 5.65 Å². The van der Waals surface area contributed by atoms with E-state index < -0.39 is 6.67 Å². The number of halogens is 1. The predicted octanol–water partition coefficient (Wildman–Crippen LogP) is 3.51. The number of aromatic amines is 2. The summed E-state index contributed by atoms with van der Waals surface area (Å²) in [6.07, 6.45) is 0. The monoisotopic (exact) mass is 458 g/mol. The Kier molecular flexibility index (Phi) is 4.73. The van der Waals surface area contributed by atoms with Crippen LogP contribution in [0.25, 0.3) is 44.0 Å². The smallest absolute Gasteiger partial charge is 0.258 e. The lowest BCUT2D eigenvalue weighted by Crippen LogP contribution is -2.43. The molecule has 5 aromatic rings. The third-order valence-corrected chi connectivity index (χ3v) is 6.61. The zero-order valence-electron chi connectivity index (χ0n) is 18.6. The van der Waals surface area contributed by atoms with Crippen LogP contribution in [0.2, 0.25) is 0 Å². The number of pyridine rings is 2. The van der Waals surface area contributed by atoms with Gasteiger partial charge in [-0.15, -0.1) is 0 Å². The van der Waals surface area contributed by atoms with E-state index in [2.05, 4.69) is 36.4 Å². The Bertz CT molecular complexity index is 1630. The van der Waals surface area contributed by atoms with Crippen molar-refractivity contribution in [1.82, 2.24) is 25.5 Å². The second kappa shape index (κ2) is 7.81. The summed E-state index contributed by atoms with van der Waals surface area (Å²) in [7, 11) is 0. The van der Waals surface area contributed by atoms with Crippen molar-refractivity contribution in [2.45, 2.75) is 13.6 Å². The van der Waals surface area contributed by atoms with E-state index in [-0.39, 0.29) is 16.9 Å². The van der Waals surface area contributed by atoms with Crippen LogP contribution in [-0.4, -0.2) is 51.5 Å². The maximum absolute atomic E-state index is 13.5. The van der Waals surface area contributed by atoms with Gasteiger partial charge in [0.25, 0.3) is 5.56 Å². The van der Waals surface area contributed by atoms with E-state index in [0.717, 1.165) is 59.2 Å². The SMILES string of the molecule is Cc1[nH]nc2nc(-c3ccc(O)c(CF)c3)c3c(=O)[nH]c4cc(N5CCNCC5)ccc4c3c12. The Morgan fingerprint density at radius 3 is 2.71 bits per heavy atom. The molecule has 0 unspecified atom stereocenters. The molecule has 1 aliphatic rings. The first-order valence-corrected chi connectivity index (χ1v) is 11.2. The number of benzene rings is 2. The summed E-state index contributed by atoms with van der Waals surface area (Å²) in [5.74, 6) is -0.132. The zero-order chi connectivity index (χ0) is 23.4. The molecule has 9 heteroatoms. The number of H-pyrrole nitrogens is 2. The van der Waals surface area contributed by atoms with Crippen molar-refractivity contribution >= 4 is 38.4 Å². The second-order valence-corrected chi connectivity index (χ2v) is 8.66. The number of nitrogens with zero attached hydrogens (tertiary/aromatic N) is 3. The standard InChI is InChI=1S/C25H23FN6O2/c1-13-20-21-17-4-3-16(32-8-6-27-7-9-32)11-18(17)28-25(34)22(21)23(29-24(20)31-30-13)14-2-5-19(33)15(10-14)12-26/h2-5,10-11,27,33H,6-9,12H2,1H3,(H,28,34)(H,29,30,31). The number of hydrogen-bond donors (Lipinski definition) is 4. The van der Waals surface area contributed by atoms with Crippen molar-refractivity contribution in [3.63, 3.8) is 0 Å². The Morgan fingerprint density at radius 1 is 1.09 bits per heavy atom. The average Bonchev–Trinajstić information content (AvgIpc) is 3.24. The molecule has 1 aliphatic heterocycles. The highest BCUT2D eigenvalue weighted by Gasteiger charge is 2.21. The molecule has 0 aliphatic carbocycles. The number of aryl methyl sites for hydroxylation is 1. The molecule has 1 fully saturated rings. The lowest BCUT2D eigenvalue weighted by molar-refractivity contribution is 0.433. The van der Waals surface area contributed by atoms with Gasteiger partial charge in [-0.25, -0.2) is 9.37 Å². The molecule has 0 saturated carbocycles. The maximum Gasteiger partial charge on any atom is 0.258 e. The van der Waals surface area contributed by atoms with Gasteiger partial charge in [0, 0.05) is 59.5 Å². The van der Waals surface area contributed by atoms with Crippen molar-refractivity contribution in [3.8, 4) is 17.0 Å². The molecule has 1 saturated heterocycles. The number of anilines is 1. The number of aromatic nitrogens is 4. The Morgan fingerprint density at radius 2 is 1.91 bits per heavy atom. The van der Waals surface area contributed by atoms with Gasteiger partial charge in [0.2, 0.25) is 0 Å². The van der Waals surface area contributed by atoms with E-state index in [9.17, 15) is 14.3 Å². The lowest BCUT2D eigenvalue weighted by atomic mass is 9.97. The Hall–Kier alpha value is -3.98. The van der Waals surface area contributed by atoms with Crippen molar-refractivity contribution in [1.29, 1.82) is 0 Å². The zero-order valence-corrected chi connectivity index (χ0v) is 18.6. The molecular weight excluding hydrogens is 435 g/mol. The minimum Gasteiger partial charge on any atom is -0.508 e. The third kappa shape index (κ3) is 3.12. The van der Waals surface area contributed by atoms with Crippen molar-refractivity contribution in [3.05, 3.63) is 58.0 Å². The van der Waals surface area contributed by atoms with Crippen LogP contribution in [0.5, 0.6) is 5.75 Å². The number of rotatable bonds is 3. The summed E-state index contributed by atoms with van der Waals surface area (Å²) < 4.78 is 13.5. The second-order valence-electron chi connectivity index (χ2n) is 8.66. The molecule has 0 bridgehead atoms. The van der Waals surface area contributed by atoms with Crippen molar-refractivity contribution in [2.24, 2.45) is 0 Å². The number of piperazine rings is 1. The van der Waals surface area contributed by atoms with Crippen molar-refractivity contribution in [2.75, 3.05) is 31.1 Å². The van der Waals surface area contributed by atoms with Gasteiger partial charge in [0.05, 0.1) is 22.0 Å². The molecule has 4 heterocycles. The van der Waals surface area contributed by atoms with E-state index in [1.807, 2.05) is 19.1 Å². The fourth-order valence-electron chi connectivity index (χ4n) is 4.90. The van der Waals surface area contributed by atoms with E-state index in [1.54, 1.807) is 6.07 Å². The number of fused-ring (bicyclic) bond motifs is 5. The van der Waals surface area contributed by atoms with Gasteiger partial charge in [0.1, 0.15) is 12.4 Å². The maximum atomic E-state index is 13.5. The molecule has 0 radical (unpaired) electrons. The van der Waals surface area contributed by atoms with Gasteiger partial charge in [-0.1, -0.05) is 6.07 Å². The molecule has 4 N–H and O–H groups in total. The highest BCUT2D eigenvalue weighted by molar-refractivity contribution is 6.21. The van der Waals surface area contributed by atoms with Crippen LogP contribution in [0.15, 0.2) is 41.2 Å². The fraction of sp³-hybridized carbons (Fsp3) is 0.240. The molecule has 6 rings (SSSR count). The summed E-state index contributed by atoms with van der Waals surface area (Å²) >= 11 is 0. The highest BCUT2D eigenvalue weighted by atomic mass is 19.1. The van der Waals surface area contributed by atoms with E-state index >= 15 is 0 Å². The van der Waals surface area contributed by atoms with E-state index in [4.69, 9.17) is 0 Å². The summed E-state index contributed by atoms with van der Waals surface area (Å²) in [5, 5.41) is 23.5. The molecule has 0 spiro atoms. The van der Waals surface area contributed by atoms with E-state index in [0.29, 0.717) is 22.3 Å². The van der Waals surface area contributed by atoms with Crippen LogP contribution in [0.4, 0.5) is 10.1 Å². The van der Waals surface area contributed by atoms with Crippen LogP contribution in [-0.2, 0) is 6.67 Å². The topological polar surface area (TPSA) is 110 Å². The number of hydrogen-bond acceptors (Lipinski definition) is 6. The number of aromatic hydroxyl groups is 1. The number of phenols is 1. The fourth-order valence-corrected chi connectivity index (χ4v) is 4.90. The first-order valence-electron chi connectivity index (χ1n) is 11.2. The van der Waals surface area contributed by atoms with Gasteiger partial charge in [-0.2, -0.15) is 5.10 Å². The Labute approximate surface area is 193 Å². The minimum atomic E-state index is -0.824. The molecule has 2 aromatic carbocycles. The van der Waals surface area contributed by atoms with Crippen molar-refractivity contribution < 1.29 is 9.50 Å². The number of alkyl halides is 1. The van der Waals surface area contributed by atoms with E-state index in [1.165, 1.54) is 12.1 Å². The summed E-state index contributed by atoms with van der Waals surface area (Å²) in [6.45, 7) is 4.73. The molecule has 3 aromatic heterocycles. The molecule has 172 valence electrons. The largest absolute Gasteiger partial charge is 0.508 e. The Balaban J connectivity index is 1.69. The number of phenolic OH excluding ortho intramolecular Hbond substituents is 1. The van der Waals surface area contributed by atoms with Gasteiger partial charge < -0.3 is 20.3 Å². The van der Waals surface area contributed by atoms with Gasteiger partial charge in [-0.05, 0) is 37.3 Å².